The Kier molecular flexibility index (Phi) is 6.83. The van der Waals surface area contributed by atoms with Crippen molar-refractivity contribution in [3.8, 4) is 0 Å². The number of rotatable bonds is 8. The number of thioether (sulfide) groups is 1. The largest absolute Gasteiger partial charge is 0.480 e. The smallest absolute Gasteiger partial charge is 0.323 e. The predicted molar refractivity (Wildman–Crippen MR) is 77.3 cm³/mol. The molecule has 1 rings (SSSR count). The lowest BCUT2D eigenvalue weighted by Gasteiger charge is -2.17. The van der Waals surface area contributed by atoms with E-state index in [0.29, 0.717) is 10.1 Å². The highest BCUT2D eigenvalue weighted by Gasteiger charge is 2.19. The van der Waals surface area contributed by atoms with Crippen LogP contribution in [0.3, 0.4) is 0 Å². The van der Waals surface area contributed by atoms with Gasteiger partial charge >= 0.3 is 11.9 Å². The summed E-state index contributed by atoms with van der Waals surface area (Å²) in [5.41, 5.74) is 0. The Labute approximate surface area is 128 Å². The molecule has 2 N–H and O–H groups in total. The normalized spacial score (nSPS) is 10.2. The first-order chi connectivity index (χ1) is 9.38. The van der Waals surface area contributed by atoms with Crippen LogP contribution < -0.4 is 0 Å². The summed E-state index contributed by atoms with van der Waals surface area (Å²) in [5.74, 6) is -2.40. The summed E-state index contributed by atoms with van der Waals surface area (Å²) in [7, 11) is 0. The molecule has 9 heteroatoms. The average molecular weight is 338 g/mol. The van der Waals surface area contributed by atoms with Crippen molar-refractivity contribution in [1.82, 2.24) is 4.90 Å². The van der Waals surface area contributed by atoms with Crippen molar-refractivity contribution in [3.63, 3.8) is 0 Å². The van der Waals surface area contributed by atoms with Crippen LogP contribution in [0, 0.1) is 0 Å². The number of hydrogen-bond donors (Lipinski definition) is 2. The Balaban J connectivity index is 2.44. The molecule has 0 spiro atoms. The lowest BCUT2D eigenvalue weighted by molar-refractivity contribution is -0.148. The van der Waals surface area contributed by atoms with Gasteiger partial charge in [-0.25, -0.2) is 0 Å². The number of carboxylic acids is 2. The van der Waals surface area contributed by atoms with E-state index in [1.807, 2.05) is 6.07 Å². The molecule has 0 aromatic carbocycles. The molecular formula is C11H12ClNO5S2. The van der Waals surface area contributed by atoms with E-state index in [4.69, 9.17) is 21.8 Å². The van der Waals surface area contributed by atoms with Gasteiger partial charge in [-0.1, -0.05) is 11.6 Å². The molecule has 0 unspecified atom stereocenters. The van der Waals surface area contributed by atoms with Crippen molar-refractivity contribution in [1.29, 1.82) is 0 Å². The molecule has 0 saturated carbocycles. The van der Waals surface area contributed by atoms with E-state index in [1.165, 1.54) is 23.1 Å². The molecule has 1 amide bonds. The van der Waals surface area contributed by atoms with Crippen LogP contribution >= 0.6 is 34.7 Å². The van der Waals surface area contributed by atoms with Crippen LogP contribution in [0.25, 0.3) is 0 Å². The first kappa shape index (κ1) is 16.8. The Bertz CT molecular complexity index is 489. The number of thiophene rings is 1. The van der Waals surface area contributed by atoms with Crippen LogP contribution in [0.2, 0.25) is 4.34 Å². The second-order valence-corrected chi connectivity index (χ2v) is 6.52. The second-order valence-electron chi connectivity index (χ2n) is 3.74. The number of hydrogen-bond acceptors (Lipinski definition) is 5. The second kappa shape index (κ2) is 8.13. The number of carbonyl (C=O) groups excluding carboxylic acids is 1. The summed E-state index contributed by atoms with van der Waals surface area (Å²) in [4.78, 5) is 34.7. The maximum Gasteiger partial charge on any atom is 0.323 e. The number of aliphatic carboxylic acids is 2. The van der Waals surface area contributed by atoms with Crippen molar-refractivity contribution in [2.75, 3.05) is 18.8 Å². The van der Waals surface area contributed by atoms with Gasteiger partial charge in [0, 0.05) is 10.6 Å². The van der Waals surface area contributed by atoms with E-state index in [0.717, 1.165) is 9.78 Å². The summed E-state index contributed by atoms with van der Waals surface area (Å²) in [6.45, 7) is -1.23. The first-order valence-corrected chi connectivity index (χ1v) is 7.76. The fraction of sp³-hybridized carbons (Fsp3) is 0.364. The molecular weight excluding hydrogens is 326 g/mol. The molecule has 0 saturated heterocycles. The lowest BCUT2D eigenvalue weighted by atomic mass is 10.4. The third-order valence-electron chi connectivity index (χ3n) is 2.10. The minimum Gasteiger partial charge on any atom is -0.480 e. The molecule has 1 aromatic heterocycles. The predicted octanol–water partition coefficient (Wildman–Crippen LogP) is 1.63. The zero-order chi connectivity index (χ0) is 15.1. The molecule has 0 aliphatic carbocycles. The van der Waals surface area contributed by atoms with Gasteiger partial charge in [-0.3, -0.25) is 14.4 Å². The monoisotopic (exact) mass is 337 g/mol. The molecule has 0 aliphatic heterocycles. The third-order valence-corrected chi connectivity index (χ3v) is 4.48. The summed E-state index contributed by atoms with van der Waals surface area (Å²) >= 11 is 8.46. The maximum absolute atomic E-state index is 11.8. The highest BCUT2D eigenvalue weighted by Crippen LogP contribution is 2.25. The maximum atomic E-state index is 11.8. The highest BCUT2D eigenvalue weighted by atomic mass is 35.5. The molecule has 0 aliphatic rings. The number of amides is 1. The summed E-state index contributed by atoms with van der Waals surface area (Å²) in [6.07, 6.45) is 0. The van der Waals surface area contributed by atoms with Crippen LogP contribution in [-0.4, -0.2) is 51.8 Å². The summed E-state index contributed by atoms with van der Waals surface area (Å²) in [5, 5.41) is 17.3. The van der Waals surface area contributed by atoms with Crippen LogP contribution in [0.4, 0.5) is 0 Å². The fourth-order valence-corrected chi connectivity index (χ4v) is 3.44. The van der Waals surface area contributed by atoms with Gasteiger partial charge in [0.05, 0.1) is 10.1 Å². The molecule has 0 atom stereocenters. The lowest BCUT2D eigenvalue weighted by Crippen LogP contribution is -2.40. The van der Waals surface area contributed by atoms with Gasteiger partial charge in [-0.05, 0) is 12.1 Å². The van der Waals surface area contributed by atoms with Gasteiger partial charge in [0.2, 0.25) is 5.91 Å². The highest BCUT2D eigenvalue weighted by molar-refractivity contribution is 7.99. The Morgan fingerprint density at radius 1 is 1.20 bits per heavy atom. The van der Waals surface area contributed by atoms with Crippen molar-refractivity contribution < 1.29 is 24.6 Å². The van der Waals surface area contributed by atoms with Gasteiger partial charge in [-0.15, -0.1) is 23.1 Å². The van der Waals surface area contributed by atoms with E-state index in [-0.39, 0.29) is 5.75 Å². The standard InChI is InChI=1S/C11H12ClNO5S2/c12-8-2-1-7(20-8)5-19-6-9(14)13(3-10(15)16)4-11(17)18/h1-2H,3-6H2,(H,15,16)(H,17,18). The Morgan fingerprint density at radius 3 is 2.25 bits per heavy atom. The molecule has 1 aromatic rings. The number of carboxylic acid groups (broad SMARTS) is 2. The molecule has 1 heterocycles. The third kappa shape index (κ3) is 6.27. The molecule has 0 radical (unpaired) electrons. The van der Waals surface area contributed by atoms with E-state index in [1.54, 1.807) is 6.07 Å². The topological polar surface area (TPSA) is 94.9 Å². The number of nitrogens with zero attached hydrogens (tertiary/aromatic N) is 1. The number of halogens is 1. The number of carbonyl (C=O) groups is 3. The molecule has 110 valence electrons. The molecule has 6 nitrogen and oxygen atoms in total. The minimum atomic E-state index is -1.24. The van der Waals surface area contributed by atoms with Crippen LogP contribution in [0.5, 0.6) is 0 Å². The Hall–Kier alpha value is -1.25. The zero-order valence-electron chi connectivity index (χ0n) is 10.2. The van der Waals surface area contributed by atoms with Gasteiger partial charge in [0.25, 0.3) is 0 Å². The van der Waals surface area contributed by atoms with Crippen molar-refractivity contribution in [2.45, 2.75) is 5.75 Å². The fourth-order valence-electron chi connectivity index (χ4n) is 1.32. The van der Waals surface area contributed by atoms with Gasteiger partial charge < -0.3 is 15.1 Å². The van der Waals surface area contributed by atoms with Crippen molar-refractivity contribution >= 4 is 52.5 Å². The van der Waals surface area contributed by atoms with E-state index < -0.39 is 30.9 Å². The van der Waals surface area contributed by atoms with E-state index in [2.05, 4.69) is 0 Å². The van der Waals surface area contributed by atoms with Crippen molar-refractivity contribution in [3.05, 3.63) is 21.3 Å². The Morgan fingerprint density at radius 2 is 1.80 bits per heavy atom. The molecule has 20 heavy (non-hydrogen) atoms. The first-order valence-electron chi connectivity index (χ1n) is 5.42. The minimum absolute atomic E-state index is 0.0239. The zero-order valence-corrected chi connectivity index (χ0v) is 12.6. The van der Waals surface area contributed by atoms with Crippen molar-refractivity contribution in [2.24, 2.45) is 0 Å². The van der Waals surface area contributed by atoms with Crippen LogP contribution in [0.1, 0.15) is 4.88 Å². The van der Waals surface area contributed by atoms with Crippen LogP contribution in [0.15, 0.2) is 12.1 Å². The van der Waals surface area contributed by atoms with E-state index >= 15 is 0 Å². The van der Waals surface area contributed by atoms with Gasteiger partial charge in [0.15, 0.2) is 0 Å². The SMILES string of the molecule is O=C(O)CN(CC(=O)O)C(=O)CSCc1ccc(Cl)s1. The van der Waals surface area contributed by atoms with E-state index in [9.17, 15) is 14.4 Å². The van der Waals surface area contributed by atoms with Gasteiger partial charge in [0.1, 0.15) is 13.1 Å². The average Bonchev–Trinajstić information content (AvgIpc) is 2.73. The summed E-state index contributed by atoms with van der Waals surface area (Å²) in [6, 6.07) is 3.60. The van der Waals surface area contributed by atoms with Gasteiger partial charge in [-0.2, -0.15) is 0 Å². The molecule has 0 bridgehead atoms. The summed E-state index contributed by atoms with van der Waals surface area (Å²) < 4.78 is 0.658. The quantitative estimate of drug-likeness (QED) is 0.748. The van der Waals surface area contributed by atoms with Crippen LogP contribution in [-0.2, 0) is 20.1 Å². The molecule has 0 fully saturated rings.